The van der Waals surface area contributed by atoms with Gasteiger partial charge in [-0.15, -0.1) is 0 Å². The first-order valence-corrected chi connectivity index (χ1v) is 7.65. The summed E-state index contributed by atoms with van der Waals surface area (Å²) in [6, 6.07) is 3.08. The van der Waals surface area contributed by atoms with Gasteiger partial charge in [-0.05, 0) is 55.4 Å². The van der Waals surface area contributed by atoms with Gasteiger partial charge >= 0.3 is 0 Å². The van der Waals surface area contributed by atoms with E-state index in [9.17, 15) is 9.18 Å². The highest BCUT2D eigenvalue weighted by Gasteiger charge is 2.54. The Morgan fingerprint density at radius 1 is 1.25 bits per heavy atom. The molecular weight excluding hydrogens is 255 g/mol. The number of carbonyl (C=O) groups excluding carboxylic acids is 1. The molecule has 3 aliphatic rings. The molecule has 3 saturated carbocycles. The van der Waals surface area contributed by atoms with E-state index in [-0.39, 0.29) is 5.91 Å². The average molecular weight is 274 g/mol. The van der Waals surface area contributed by atoms with Crippen molar-refractivity contribution in [2.75, 3.05) is 0 Å². The first-order valence-electron chi connectivity index (χ1n) is 7.65. The average Bonchev–Trinajstić information content (AvgIpc) is 3.10. The molecule has 4 heteroatoms. The van der Waals surface area contributed by atoms with E-state index in [4.69, 9.17) is 0 Å². The Morgan fingerprint density at radius 3 is 2.95 bits per heavy atom. The number of halogens is 1. The predicted octanol–water partition coefficient (Wildman–Crippen LogP) is 2.78. The van der Waals surface area contributed by atoms with Gasteiger partial charge in [0.2, 0.25) is 5.95 Å². The van der Waals surface area contributed by atoms with Crippen LogP contribution < -0.4 is 5.32 Å². The third-order valence-electron chi connectivity index (χ3n) is 5.73. The summed E-state index contributed by atoms with van der Waals surface area (Å²) >= 11 is 0. The first kappa shape index (κ1) is 12.3. The zero-order valence-electron chi connectivity index (χ0n) is 11.4. The maximum atomic E-state index is 13.1. The van der Waals surface area contributed by atoms with E-state index in [1.165, 1.54) is 37.9 Å². The van der Waals surface area contributed by atoms with Crippen LogP contribution in [0.5, 0.6) is 0 Å². The molecule has 1 N–H and O–H groups in total. The lowest BCUT2D eigenvalue weighted by Gasteiger charge is -2.32. The number of aromatic nitrogens is 1. The quantitative estimate of drug-likeness (QED) is 0.843. The number of amides is 1. The van der Waals surface area contributed by atoms with Crippen LogP contribution in [0.3, 0.4) is 0 Å². The van der Waals surface area contributed by atoms with Crippen LogP contribution in [0.4, 0.5) is 4.39 Å². The lowest BCUT2D eigenvalue weighted by molar-refractivity contribution is 0.0900. The summed E-state index contributed by atoms with van der Waals surface area (Å²) in [7, 11) is 0. The second-order valence-corrected chi connectivity index (χ2v) is 6.60. The normalized spacial score (nSPS) is 38.0. The monoisotopic (exact) mass is 274 g/mol. The van der Waals surface area contributed by atoms with Crippen molar-refractivity contribution in [3.8, 4) is 0 Å². The van der Waals surface area contributed by atoms with Crippen LogP contribution in [-0.4, -0.2) is 16.9 Å². The van der Waals surface area contributed by atoms with Crippen LogP contribution in [0.1, 0.15) is 42.5 Å². The number of fused-ring (bicyclic) bond motifs is 5. The Bertz CT molecular complexity index is 547. The summed E-state index contributed by atoms with van der Waals surface area (Å²) in [5, 5.41) is 3.13. The van der Waals surface area contributed by atoms with E-state index in [0.717, 1.165) is 24.2 Å². The van der Waals surface area contributed by atoms with Gasteiger partial charge in [0.15, 0.2) is 0 Å². The van der Waals surface area contributed by atoms with Gasteiger partial charge in [0.05, 0.1) is 0 Å². The fraction of sp³-hybridized carbons (Fsp3) is 0.625. The second kappa shape index (κ2) is 4.54. The molecule has 0 unspecified atom stereocenters. The van der Waals surface area contributed by atoms with Crippen LogP contribution in [0, 0.1) is 29.6 Å². The molecule has 1 aromatic heterocycles. The zero-order chi connectivity index (χ0) is 13.7. The van der Waals surface area contributed by atoms with Crippen molar-refractivity contribution in [2.45, 2.75) is 38.1 Å². The SMILES string of the molecule is O=C(N[C@@H]1C[C@H]2C[C@H]1[C@H]1CCC[C@@H]21)c1ccnc(F)c1. The smallest absolute Gasteiger partial charge is 0.251 e. The number of carbonyl (C=O) groups is 1. The Kier molecular flexibility index (Phi) is 2.79. The minimum atomic E-state index is -0.596. The minimum Gasteiger partial charge on any atom is -0.349 e. The molecule has 3 aliphatic carbocycles. The molecular formula is C16H19FN2O. The molecule has 0 saturated heterocycles. The van der Waals surface area contributed by atoms with Crippen molar-refractivity contribution in [1.29, 1.82) is 0 Å². The Labute approximate surface area is 118 Å². The molecule has 1 heterocycles. The van der Waals surface area contributed by atoms with Gasteiger partial charge in [0.25, 0.3) is 5.91 Å². The van der Waals surface area contributed by atoms with E-state index in [1.807, 2.05) is 0 Å². The van der Waals surface area contributed by atoms with E-state index in [2.05, 4.69) is 10.3 Å². The second-order valence-electron chi connectivity index (χ2n) is 6.60. The molecule has 5 atom stereocenters. The lowest BCUT2D eigenvalue weighted by Crippen LogP contribution is -2.42. The van der Waals surface area contributed by atoms with Crippen LogP contribution in [0.15, 0.2) is 18.3 Å². The van der Waals surface area contributed by atoms with Crippen LogP contribution >= 0.6 is 0 Å². The van der Waals surface area contributed by atoms with Crippen molar-refractivity contribution in [1.82, 2.24) is 10.3 Å². The molecule has 3 fully saturated rings. The Hall–Kier alpha value is -1.45. The highest BCUT2D eigenvalue weighted by Crippen LogP contribution is 2.58. The molecule has 0 spiro atoms. The maximum absolute atomic E-state index is 13.1. The Balaban J connectivity index is 1.47. The molecule has 0 aromatic carbocycles. The standard InChI is InChI=1S/C16H19FN2O/c17-15-8-9(4-5-18-15)16(20)19-14-7-10-6-13(14)12-3-1-2-11(10)12/h4-5,8,10-14H,1-3,6-7H2,(H,19,20)/t10-,11+,12+,13+,14-/m1/s1. The number of rotatable bonds is 2. The molecule has 4 rings (SSSR count). The molecule has 1 amide bonds. The zero-order valence-corrected chi connectivity index (χ0v) is 11.4. The number of pyridine rings is 1. The fourth-order valence-corrected chi connectivity index (χ4v) is 5.03. The van der Waals surface area contributed by atoms with E-state index in [1.54, 1.807) is 6.07 Å². The summed E-state index contributed by atoms with van der Waals surface area (Å²) in [4.78, 5) is 15.7. The van der Waals surface area contributed by atoms with Crippen molar-refractivity contribution >= 4 is 5.91 Å². The van der Waals surface area contributed by atoms with Crippen molar-refractivity contribution in [2.24, 2.45) is 23.7 Å². The number of nitrogens with one attached hydrogen (secondary N) is 1. The number of hydrogen-bond donors (Lipinski definition) is 1. The summed E-state index contributed by atoms with van der Waals surface area (Å²) < 4.78 is 13.1. The molecule has 2 bridgehead atoms. The van der Waals surface area contributed by atoms with E-state index < -0.39 is 5.95 Å². The summed E-state index contributed by atoms with van der Waals surface area (Å²) in [6.07, 6.45) is 7.83. The largest absolute Gasteiger partial charge is 0.349 e. The van der Waals surface area contributed by atoms with Gasteiger partial charge in [0, 0.05) is 23.9 Å². The molecule has 0 radical (unpaired) electrons. The molecule has 3 nitrogen and oxygen atoms in total. The Morgan fingerprint density at radius 2 is 2.10 bits per heavy atom. The van der Waals surface area contributed by atoms with Crippen LogP contribution in [0.2, 0.25) is 0 Å². The first-order chi connectivity index (χ1) is 9.72. The van der Waals surface area contributed by atoms with Gasteiger partial charge in [-0.3, -0.25) is 4.79 Å². The highest BCUT2D eigenvalue weighted by molar-refractivity contribution is 5.94. The van der Waals surface area contributed by atoms with Gasteiger partial charge in [-0.2, -0.15) is 4.39 Å². The molecule has 1 aromatic rings. The minimum absolute atomic E-state index is 0.154. The topological polar surface area (TPSA) is 42.0 Å². The molecule has 20 heavy (non-hydrogen) atoms. The fourth-order valence-electron chi connectivity index (χ4n) is 5.03. The highest BCUT2D eigenvalue weighted by atomic mass is 19.1. The predicted molar refractivity (Wildman–Crippen MR) is 72.5 cm³/mol. The summed E-state index contributed by atoms with van der Waals surface area (Å²) in [5.74, 6) is 2.47. The van der Waals surface area contributed by atoms with Gasteiger partial charge in [0.1, 0.15) is 0 Å². The van der Waals surface area contributed by atoms with Gasteiger partial charge < -0.3 is 5.32 Å². The van der Waals surface area contributed by atoms with Crippen LogP contribution in [-0.2, 0) is 0 Å². The van der Waals surface area contributed by atoms with Crippen LogP contribution in [0.25, 0.3) is 0 Å². The third-order valence-corrected chi connectivity index (χ3v) is 5.73. The molecule has 106 valence electrons. The lowest BCUT2D eigenvalue weighted by atomic mass is 9.79. The summed E-state index contributed by atoms with van der Waals surface area (Å²) in [5.41, 5.74) is 0.378. The van der Waals surface area contributed by atoms with E-state index in [0.29, 0.717) is 17.5 Å². The number of hydrogen-bond acceptors (Lipinski definition) is 2. The number of nitrogens with zero attached hydrogens (tertiary/aromatic N) is 1. The van der Waals surface area contributed by atoms with E-state index >= 15 is 0 Å². The van der Waals surface area contributed by atoms with Crippen molar-refractivity contribution in [3.05, 3.63) is 29.8 Å². The van der Waals surface area contributed by atoms with Gasteiger partial charge in [-0.25, -0.2) is 4.98 Å². The third kappa shape index (κ3) is 1.85. The van der Waals surface area contributed by atoms with Gasteiger partial charge in [-0.1, -0.05) is 6.42 Å². The molecule has 0 aliphatic heterocycles. The van der Waals surface area contributed by atoms with Crippen molar-refractivity contribution in [3.63, 3.8) is 0 Å². The maximum Gasteiger partial charge on any atom is 0.251 e. The van der Waals surface area contributed by atoms with Crippen molar-refractivity contribution < 1.29 is 9.18 Å². The summed E-state index contributed by atoms with van der Waals surface area (Å²) in [6.45, 7) is 0.